The van der Waals surface area contributed by atoms with Crippen LogP contribution in [0, 0.1) is 16.9 Å². The third-order valence-electron chi connectivity index (χ3n) is 3.46. The fraction of sp³-hybridized carbons (Fsp3) is 0.176. The smallest absolute Gasteiger partial charge is 0.321 e. The average molecular weight is 345 g/mol. The number of aromatic nitrogens is 1. The molecule has 0 fully saturated rings. The van der Waals surface area contributed by atoms with Gasteiger partial charge in [-0.05, 0) is 22.8 Å². The number of nitriles is 1. The van der Waals surface area contributed by atoms with Crippen LogP contribution < -0.4 is 5.73 Å². The zero-order valence-corrected chi connectivity index (χ0v) is 12.9. The van der Waals surface area contributed by atoms with Gasteiger partial charge in [-0.2, -0.15) is 23.5 Å². The summed E-state index contributed by atoms with van der Waals surface area (Å²) >= 11 is 0. The largest absolute Gasteiger partial charge is 0.417 e. The molecule has 0 aliphatic rings. The van der Waals surface area contributed by atoms with Gasteiger partial charge in [0.1, 0.15) is 0 Å². The maximum Gasteiger partial charge on any atom is 0.417 e. The van der Waals surface area contributed by atoms with Gasteiger partial charge in [0.05, 0.1) is 17.7 Å². The van der Waals surface area contributed by atoms with Crippen molar-refractivity contribution in [3.63, 3.8) is 0 Å². The number of halogens is 3. The van der Waals surface area contributed by atoms with Gasteiger partial charge in [0, 0.05) is 12.4 Å². The second-order valence-electron chi connectivity index (χ2n) is 5.24. The number of benzene rings is 1. The molecule has 0 radical (unpaired) electrons. The number of nitrogens with one attached hydrogen (secondary N) is 1. The van der Waals surface area contributed by atoms with Gasteiger partial charge in [-0.15, -0.1) is 0 Å². The lowest BCUT2D eigenvalue weighted by atomic mass is 9.99. The monoisotopic (exact) mass is 345 g/mol. The van der Waals surface area contributed by atoms with Crippen LogP contribution in [0.2, 0.25) is 0 Å². The summed E-state index contributed by atoms with van der Waals surface area (Å²) in [5.74, 6) is 0. The molecule has 0 aliphatic carbocycles. The summed E-state index contributed by atoms with van der Waals surface area (Å²) in [5, 5.41) is 12.1. The Morgan fingerprint density at radius 2 is 1.92 bits per heavy atom. The lowest BCUT2D eigenvalue weighted by Gasteiger charge is -2.13. The van der Waals surface area contributed by atoms with Crippen LogP contribution in [0.3, 0.4) is 0 Å². The topological polar surface area (TPSA) is 98.9 Å². The van der Waals surface area contributed by atoms with E-state index < -0.39 is 23.8 Å². The van der Waals surface area contributed by atoms with Crippen LogP contribution in [0.25, 0.3) is 12.2 Å². The third kappa shape index (κ3) is 4.71. The first kappa shape index (κ1) is 18.3. The van der Waals surface area contributed by atoms with Crippen LogP contribution in [0.15, 0.2) is 47.8 Å². The van der Waals surface area contributed by atoms with E-state index >= 15 is 0 Å². The highest BCUT2D eigenvalue weighted by molar-refractivity contribution is 5.69. The van der Waals surface area contributed by atoms with Gasteiger partial charge in [-0.3, -0.25) is 4.98 Å². The van der Waals surface area contributed by atoms with Crippen molar-refractivity contribution in [2.45, 2.75) is 18.3 Å². The van der Waals surface area contributed by atoms with E-state index in [0.29, 0.717) is 16.7 Å². The SMILES string of the molecule is N#CC(N=N)C(N)c1cccc(/C=C/c2cncc(C(F)(F)F)c2)c1. The Bertz CT molecular complexity index is 824. The molecule has 3 N–H and O–H groups in total. The highest BCUT2D eigenvalue weighted by atomic mass is 19.4. The van der Waals surface area contributed by atoms with Gasteiger partial charge in [0.25, 0.3) is 0 Å². The van der Waals surface area contributed by atoms with Gasteiger partial charge < -0.3 is 5.73 Å². The Balaban J connectivity index is 2.24. The maximum absolute atomic E-state index is 12.7. The minimum atomic E-state index is -4.45. The molecule has 2 atom stereocenters. The zero-order valence-electron chi connectivity index (χ0n) is 12.9. The zero-order chi connectivity index (χ0) is 18.4. The number of rotatable bonds is 5. The lowest BCUT2D eigenvalue weighted by molar-refractivity contribution is -0.137. The van der Waals surface area contributed by atoms with Gasteiger partial charge in [-0.25, -0.2) is 5.53 Å². The van der Waals surface area contributed by atoms with E-state index in [0.717, 1.165) is 12.3 Å². The standard InChI is InChI=1S/C17H14F3N5/c18-17(19,20)14-7-12(9-24-10-14)5-4-11-2-1-3-13(6-11)16(22)15(8-21)25-23/h1-7,9-10,15-16,23H,22H2/b5-4+,25-23?. The first-order valence-corrected chi connectivity index (χ1v) is 7.17. The highest BCUT2D eigenvalue weighted by Crippen LogP contribution is 2.29. The normalized spacial score (nSPS) is 14.0. The van der Waals surface area contributed by atoms with Crippen molar-refractivity contribution in [2.24, 2.45) is 10.8 Å². The molecule has 1 heterocycles. The Kier molecular flexibility index (Phi) is 5.62. The maximum atomic E-state index is 12.7. The summed E-state index contributed by atoms with van der Waals surface area (Å²) in [6, 6.07) is 7.93. The molecule has 0 aliphatic heterocycles. The number of nitrogens with zero attached hydrogens (tertiary/aromatic N) is 3. The summed E-state index contributed by atoms with van der Waals surface area (Å²) in [6.07, 6.45) is 0.765. The number of pyridine rings is 1. The highest BCUT2D eigenvalue weighted by Gasteiger charge is 2.30. The van der Waals surface area contributed by atoms with Crippen LogP contribution >= 0.6 is 0 Å². The van der Waals surface area contributed by atoms with E-state index in [4.69, 9.17) is 16.5 Å². The Morgan fingerprint density at radius 3 is 2.56 bits per heavy atom. The fourth-order valence-electron chi connectivity index (χ4n) is 2.14. The van der Waals surface area contributed by atoms with Crippen molar-refractivity contribution in [1.29, 1.82) is 10.8 Å². The minimum Gasteiger partial charge on any atom is -0.321 e. The number of nitrogens with two attached hydrogens (primary N) is 1. The van der Waals surface area contributed by atoms with Gasteiger partial charge >= 0.3 is 6.18 Å². The first-order chi connectivity index (χ1) is 11.8. The van der Waals surface area contributed by atoms with Crippen molar-refractivity contribution >= 4 is 12.2 Å². The fourth-order valence-corrected chi connectivity index (χ4v) is 2.14. The van der Waals surface area contributed by atoms with E-state index in [2.05, 4.69) is 10.1 Å². The van der Waals surface area contributed by atoms with Crippen molar-refractivity contribution in [3.8, 4) is 6.07 Å². The summed E-state index contributed by atoms with van der Waals surface area (Å²) in [7, 11) is 0. The molecule has 5 nitrogen and oxygen atoms in total. The third-order valence-corrected chi connectivity index (χ3v) is 3.46. The summed E-state index contributed by atoms with van der Waals surface area (Å²) in [6.45, 7) is 0. The van der Waals surface area contributed by atoms with E-state index in [1.54, 1.807) is 30.3 Å². The van der Waals surface area contributed by atoms with Crippen molar-refractivity contribution < 1.29 is 13.2 Å². The molecule has 0 saturated heterocycles. The molecular formula is C17H14F3N5. The Morgan fingerprint density at radius 1 is 1.20 bits per heavy atom. The number of alkyl halides is 3. The van der Waals surface area contributed by atoms with Crippen LogP contribution in [0.5, 0.6) is 0 Å². The molecule has 0 spiro atoms. The summed E-state index contributed by atoms with van der Waals surface area (Å²) < 4.78 is 38.1. The lowest BCUT2D eigenvalue weighted by Crippen LogP contribution is -2.23. The molecule has 1 aromatic carbocycles. The van der Waals surface area contributed by atoms with Crippen molar-refractivity contribution in [1.82, 2.24) is 4.98 Å². The van der Waals surface area contributed by atoms with E-state index in [9.17, 15) is 13.2 Å². The Labute approximate surface area is 142 Å². The van der Waals surface area contributed by atoms with Gasteiger partial charge in [0.15, 0.2) is 6.04 Å². The predicted octanol–water partition coefficient (Wildman–Crippen LogP) is 4.19. The van der Waals surface area contributed by atoms with E-state index in [1.165, 1.54) is 12.3 Å². The minimum absolute atomic E-state index is 0.306. The molecule has 2 rings (SSSR count). The number of hydrogen-bond acceptors (Lipinski definition) is 5. The molecule has 8 heteroatoms. The molecule has 2 unspecified atom stereocenters. The van der Waals surface area contributed by atoms with E-state index in [-0.39, 0.29) is 0 Å². The molecule has 1 aromatic heterocycles. The van der Waals surface area contributed by atoms with Gasteiger partial charge in [-0.1, -0.05) is 36.4 Å². The van der Waals surface area contributed by atoms with Crippen LogP contribution in [0.4, 0.5) is 13.2 Å². The summed E-state index contributed by atoms with van der Waals surface area (Å²) in [5.41, 5.74) is 13.7. The molecule has 25 heavy (non-hydrogen) atoms. The molecular weight excluding hydrogens is 331 g/mol. The number of hydrogen-bond donors (Lipinski definition) is 2. The Hall–Kier alpha value is -3.05. The van der Waals surface area contributed by atoms with Crippen molar-refractivity contribution in [3.05, 3.63) is 65.0 Å². The van der Waals surface area contributed by atoms with Crippen LogP contribution in [-0.4, -0.2) is 11.0 Å². The van der Waals surface area contributed by atoms with Gasteiger partial charge in [0.2, 0.25) is 0 Å². The quantitative estimate of drug-likeness (QED) is 0.795. The predicted molar refractivity (Wildman–Crippen MR) is 86.1 cm³/mol. The molecule has 0 amide bonds. The second kappa shape index (κ2) is 7.68. The van der Waals surface area contributed by atoms with E-state index in [1.807, 2.05) is 6.07 Å². The van der Waals surface area contributed by atoms with Crippen LogP contribution in [0.1, 0.15) is 28.3 Å². The first-order valence-electron chi connectivity index (χ1n) is 7.17. The summed E-state index contributed by atoms with van der Waals surface area (Å²) in [4.78, 5) is 3.59. The van der Waals surface area contributed by atoms with Crippen LogP contribution in [-0.2, 0) is 6.18 Å². The molecule has 0 saturated carbocycles. The average Bonchev–Trinajstić information content (AvgIpc) is 2.61. The van der Waals surface area contributed by atoms with Crippen molar-refractivity contribution in [2.75, 3.05) is 0 Å². The second-order valence-corrected chi connectivity index (χ2v) is 5.24. The molecule has 0 bridgehead atoms. The molecule has 2 aromatic rings. The molecule has 128 valence electrons.